The summed E-state index contributed by atoms with van der Waals surface area (Å²) in [6, 6.07) is 16.1. The molecule has 1 aromatic heterocycles. The van der Waals surface area contributed by atoms with Crippen LogP contribution in [-0.2, 0) is 22.6 Å². The summed E-state index contributed by atoms with van der Waals surface area (Å²) in [4.78, 5) is 41.9. The summed E-state index contributed by atoms with van der Waals surface area (Å²) >= 11 is 0. The van der Waals surface area contributed by atoms with Crippen LogP contribution < -0.4 is 31.4 Å². The number of rotatable bonds is 11. The molecule has 0 aliphatic carbocycles. The number of para-hydroxylation sites is 2. The van der Waals surface area contributed by atoms with E-state index in [1.165, 1.54) is 12.0 Å². The lowest BCUT2D eigenvalue weighted by Gasteiger charge is -2.25. The lowest BCUT2D eigenvalue weighted by atomic mass is 10.2. The van der Waals surface area contributed by atoms with Crippen molar-refractivity contribution in [1.29, 1.82) is 0 Å². The second kappa shape index (κ2) is 11.7. The third-order valence-corrected chi connectivity index (χ3v) is 4.99. The van der Waals surface area contributed by atoms with Crippen molar-refractivity contribution in [3.8, 4) is 11.5 Å². The van der Waals surface area contributed by atoms with Crippen molar-refractivity contribution in [3.63, 3.8) is 0 Å². The van der Waals surface area contributed by atoms with Gasteiger partial charge in [0.25, 0.3) is 11.5 Å². The lowest BCUT2D eigenvalue weighted by molar-refractivity contribution is -0.120. The largest absolute Gasteiger partial charge is 0.490 e. The van der Waals surface area contributed by atoms with E-state index in [0.29, 0.717) is 18.1 Å². The molecule has 3 aromatic rings. The number of hydrogen-bond acceptors (Lipinski definition) is 7. The van der Waals surface area contributed by atoms with E-state index in [4.69, 9.17) is 19.9 Å². The molecule has 0 spiro atoms. The molecule has 3 N–H and O–H groups in total. The molecule has 3 rings (SSSR count). The smallest absolute Gasteiger partial charge is 0.330 e. The first-order chi connectivity index (χ1) is 16.5. The average molecular weight is 469 g/mol. The van der Waals surface area contributed by atoms with Crippen LogP contribution in [0.2, 0.25) is 0 Å². The van der Waals surface area contributed by atoms with E-state index in [1.807, 2.05) is 37.3 Å². The molecule has 0 aliphatic heterocycles. The number of carbonyl (C=O) groups is 1. The summed E-state index contributed by atoms with van der Waals surface area (Å²) in [5.74, 6) is 0.233. The predicted molar refractivity (Wildman–Crippen MR) is 128 cm³/mol. The molecule has 1 amide bonds. The Morgan fingerprint density at radius 3 is 2.32 bits per heavy atom. The van der Waals surface area contributed by atoms with Crippen molar-refractivity contribution < 1.29 is 19.0 Å². The van der Waals surface area contributed by atoms with Gasteiger partial charge < -0.3 is 19.9 Å². The first-order valence-electron chi connectivity index (χ1n) is 10.8. The second-order valence-electron chi connectivity index (χ2n) is 7.27. The van der Waals surface area contributed by atoms with Crippen LogP contribution in [0.3, 0.4) is 0 Å². The first-order valence-corrected chi connectivity index (χ1v) is 10.8. The first kappa shape index (κ1) is 24.6. The number of ether oxygens (including phenoxy) is 3. The van der Waals surface area contributed by atoms with E-state index < -0.39 is 17.2 Å². The Hall–Kier alpha value is -4.05. The molecular weight excluding hydrogens is 440 g/mol. The van der Waals surface area contributed by atoms with Crippen LogP contribution in [0.5, 0.6) is 11.5 Å². The number of anilines is 2. The zero-order valence-electron chi connectivity index (χ0n) is 19.2. The van der Waals surface area contributed by atoms with Gasteiger partial charge in [-0.25, -0.2) is 4.79 Å². The fraction of sp³-hybridized carbons (Fsp3) is 0.292. The Labute approximate surface area is 196 Å². The Bertz CT molecular complexity index is 1220. The van der Waals surface area contributed by atoms with Gasteiger partial charge >= 0.3 is 5.69 Å². The number of nitrogens with zero attached hydrogens (tertiary/aromatic N) is 2. The Kier molecular flexibility index (Phi) is 8.47. The predicted octanol–water partition coefficient (Wildman–Crippen LogP) is 1.78. The zero-order valence-corrected chi connectivity index (χ0v) is 19.2. The topological polar surface area (TPSA) is 129 Å². The number of H-pyrrole nitrogens is 1. The summed E-state index contributed by atoms with van der Waals surface area (Å²) in [5.41, 5.74) is 5.40. The van der Waals surface area contributed by atoms with Gasteiger partial charge in [-0.1, -0.05) is 42.5 Å². The van der Waals surface area contributed by atoms with E-state index >= 15 is 0 Å². The molecule has 0 unspecified atom stereocenters. The Morgan fingerprint density at radius 1 is 1.03 bits per heavy atom. The monoisotopic (exact) mass is 468 g/mol. The molecule has 0 fully saturated rings. The maximum Gasteiger partial charge on any atom is 0.330 e. The van der Waals surface area contributed by atoms with Crippen LogP contribution in [-0.4, -0.2) is 42.4 Å². The van der Waals surface area contributed by atoms with Gasteiger partial charge in [0.15, 0.2) is 23.8 Å². The van der Waals surface area contributed by atoms with Gasteiger partial charge in [0.2, 0.25) is 0 Å². The van der Waals surface area contributed by atoms with Crippen molar-refractivity contribution >= 4 is 17.4 Å². The maximum atomic E-state index is 13.3. The molecule has 0 saturated heterocycles. The number of aromatic nitrogens is 2. The second-order valence-corrected chi connectivity index (χ2v) is 7.27. The van der Waals surface area contributed by atoms with Crippen LogP contribution in [0.1, 0.15) is 12.5 Å². The van der Waals surface area contributed by atoms with Gasteiger partial charge in [0, 0.05) is 7.11 Å². The van der Waals surface area contributed by atoms with Crippen molar-refractivity contribution in [2.75, 3.05) is 37.6 Å². The number of carbonyl (C=O) groups excluding carboxylic acids is 1. The zero-order chi connectivity index (χ0) is 24.5. The van der Waals surface area contributed by atoms with Crippen LogP contribution in [0, 0.1) is 0 Å². The number of methoxy groups -OCH3 is 1. The molecule has 0 bridgehead atoms. The minimum Gasteiger partial charge on any atom is -0.490 e. The van der Waals surface area contributed by atoms with Crippen molar-refractivity contribution in [1.82, 2.24) is 9.55 Å². The average Bonchev–Trinajstić information content (AvgIpc) is 2.83. The summed E-state index contributed by atoms with van der Waals surface area (Å²) in [5, 5.41) is 0. The molecule has 0 aliphatic rings. The Balaban J connectivity index is 1.97. The summed E-state index contributed by atoms with van der Waals surface area (Å²) < 4.78 is 17.5. The number of nitrogen functional groups attached to an aromatic ring is 1. The number of aromatic amines is 1. The van der Waals surface area contributed by atoms with Crippen LogP contribution >= 0.6 is 0 Å². The highest BCUT2D eigenvalue weighted by atomic mass is 16.5. The van der Waals surface area contributed by atoms with E-state index in [-0.39, 0.29) is 37.8 Å². The standard InChI is InChI=1S/C24H28N4O6/c1-3-33-18-11-7-8-12-19(18)34-16-20(29)28(15-17-9-5-4-6-10-17)21-22(25)27(13-14-32-2)24(31)26-23(21)30/h4-12H,3,13-16,25H2,1-2H3,(H,26,30,31). The highest BCUT2D eigenvalue weighted by Gasteiger charge is 2.25. The summed E-state index contributed by atoms with van der Waals surface area (Å²) in [6.07, 6.45) is 0. The minimum absolute atomic E-state index is 0.0475. The van der Waals surface area contributed by atoms with Crippen molar-refractivity contribution in [2.24, 2.45) is 0 Å². The number of nitrogens with one attached hydrogen (secondary N) is 1. The number of nitrogens with two attached hydrogens (primary N) is 1. The molecule has 10 heteroatoms. The molecule has 1 heterocycles. The van der Waals surface area contributed by atoms with Crippen LogP contribution in [0.15, 0.2) is 64.2 Å². The van der Waals surface area contributed by atoms with Gasteiger partial charge in [-0.2, -0.15) is 0 Å². The highest BCUT2D eigenvalue weighted by Crippen LogP contribution is 2.27. The van der Waals surface area contributed by atoms with E-state index in [9.17, 15) is 14.4 Å². The quantitative estimate of drug-likeness (QED) is 0.439. The molecule has 10 nitrogen and oxygen atoms in total. The van der Waals surface area contributed by atoms with E-state index in [0.717, 1.165) is 10.1 Å². The minimum atomic E-state index is -0.768. The Morgan fingerprint density at radius 2 is 1.68 bits per heavy atom. The lowest BCUT2D eigenvalue weighted by Crippen LogP contribution is -2.42. The summed E-state index contributed by atoms with van der Waals surface area (Å²) in [6.45, 7) is 2.25. The van der Waals surface area contributed by atoms with Gasteiger partial charge in [0.1, 0.15) is 5.82 Å². The number of amides is 1. The third kappa shape index (κ3) is 5.84. The van der Waals surface area contributed by atoms with E-state index in [1.54, 1.807) is 24.3 Å². The fourth-order valence-electron chi connectivity index (χ4n) is 3.36. The van der Waals surface area contributed by atoms with Crippen molar-refractivity contribution in [3.05, 3.63) is 81.0 Å². The number of benzene rings is 2. The molecular formula is C24H28N4O6. The molecule has 2 aromatic carbocycles. The molecule has 0 atom stereocenters. The fourth-order valence-corrected chi connectivity index (χ4v) is 3.36. The SMILES string of the molecule is CCOc1ccccc1OCC(=O)N(Cc1ccccc1)c1c(N)n(CCOC)c(=O)[nH]c1=O. The number of hydrogen-bond donors (Lipinski definition) is 2. The molecule has 180 valence electrons. The van der Waals surface area contributed by atoms with Gasteiger partial charge in [-0.05, 0) is 24.6 Å². The molecule has 34 heavy (non-hydrogen) atoms. The third-order valence-electron chi connectivity index (χ3n) is 4.99. The van der Waals surface area contributed by atoms with Gasteiger partial charge in [-0.15, -0.1) is 0 Å². The van der Waals surface area contributed by atoms with E-state index in [2.05, 4.69) is 4.98 Å². The van der Waals surface area contributed by atoms with Crippen LogP contribution in [0.4, 0.5) is 11.5 Å². The summed E-state index contributed by atoms with van der Waals surface area (Å²) in [7, 11) is 1.48. The van der Waals surface area contributed by atoms with Gasteiger partial charge in [-0.3, -0.25) is 24.0 Å². The normalized spacial score (nSPS) is 10.6. The highest BCUT2D eigenvalue weighted by molar-refractivity contribution is 5.96. The van der Waals surface area contributed by atoms with Crippen LogP contribution in [0.25, 0.3) is 0 Å². The van der Waals surface area contributed by atoms with Gasteiger partial charge in [0.05, 0.1) is 26.3 Å². The maximum absolute atomic E-state index is 13.3. The van der Waals surface area contributed by atoms with Crippen molar-refractivity contribution in [2.45, 2.75) is 20.0 Å². The molecule has 0 radical (unpaired) electrons. The molecule has 0 saturated carbocycles.